The van der Waals surface area contributed by atoms with E-state index < -0.39 is 5.97 Å². The molecule has 1 aliphatic rings. The van der Waals surface area contributed by atoms with Crippen molar-refractivity contribution in [3.05, 3.63) is 28.8 Å². The Bertz CT molecular complexity index is 419. The number of carboxylic acid groups (broad SMARTS) is 1. The Morgan fingerprint density at radius 3 is 2.57 bits per heavy atom. The van der Waals surface area contributed by atoms with Crippen LogP contribution in [0, 0.1) is 0 Å². The molecule has 0 radical (unpaired) electrons. The molecule has 3 nitrogen and oxygen atoms in total. The number of rotatable bonds is 1. The summed E-state index contributed by atoms with van der Waals surface area (Å²) in [4.78, 5) is 10.8. The number of hydrogen-bond donors (Lipinski definition) is 2. The van der Waals surface area contributed by atoms with Gasteiger partial charge in [-0.2, -0.15) is 0 Å². The number of carboxylic acids is 1. The Kier molecular flexibility index (Phi) is 1.62. The summed E-state index contributed by atoms with van der Waals surface area (Å²) in [5, 5.41) is 18.2. The van der Waals surface area contributed by atoms with Gasteiger partial charge in [0.1, 0.15) is 11.3 Å². The van der Waals surface area contributed by atoms with Crippen LogP contribution in [-0.4, -0.2) is 16.2 Å². The summed E-state index contributed by atoms with van der Waals surface area (Å²) in [5.74, 6) is -1.21. The molecular weight excluding hydrogens is 180 g/mol. The highest BCUT2D eigenvalue weighted by Gasteiger charge is 2.35. The molecule has 1 aromatic rings. The standard InChI is InChI=1S/C11H12O3/c1-11(2)5-6-3-9(12)7(10(13)14)4-8(6)11/h3-4,12H,5H2,1-2H3,(H,13,14). The molecule has 0 saturated heterocycles. The van der Waals surface area contributed by atoms with Crippen LogP contribution in [0.25, 0.3) is 0 Å². The van der Waals surface area contributed by atoms with E-state index >= 15 is 0 Å². The highest BCUT2D eigenvalue weighted by Crippen LogP contribution is 2.43. The summed E-state index contributed by atoms with van der Waals surface area (Å²) in [6.45, 7) is 4.13. The van der Waals surface area contributed by atoms with E-state index in [4.69, 9.17) is 5.11 Å². The van der Waals surface area contributed by atoms with E-state index in [1.165, 1.54) is 0 Å². The number of carbonyl (C=O) groups is 1. The lowest BCUT2D eigenvalue weighted by Crippen LogP contribution is -2.32. The van der Waals surface area contributed by atoms with E-state index in [1.807, 2.05) is 0 Å². The largest absolute Gasteiger partial charge is 0.507 e. The predicted octanol–water partition coefficient (Wildman–Crippen LogP) is 1.92. The molecule has 0 aromatic heterocycles. The average molecular weight is 192 g/mol. The third-order valence-corrected chi connectivity index (χ3v) is 2.81. The number of aromatic hydroxyl groups is 1. The summed E-state index contributed by atoms with van der Waals surface area (Å²) in [6.07, 6.45) is 0.899. The summed E-state index contributed by atoms with van der Waals surface area (Å²) in [5.41, 5.74) is 2.13. The molecule has 0 unspecified atom stereocenters. The molecule has 0 spiro atoms. The van der Waals surface area contributed by atoms with Crippen molar-refractivity contribution in [2.24, 2.45) is 0 Å². The smallest absolute Gasteiger partial charge is 0.339 e. The zero-order valence-electron chi connectivity index (χ0n) is 8.16. The Hall–Kier alpha value is -1.51. The second-order valence-corrected chi connectivity index (χ2v) is 4.39. The molecule has 2 N–H and O–H groups in total. The van der Waals surface area contributed by atoms with Crippen LogP contribution in [0.2, 0.25) is 0 Å². The van der Waals surface area contributed by atoms with E-state index in [2.05, 4.69) is 13.8 Å². The van der Waals surface area contributed by atoms with Crippen molar-refractivity contribution in [3.8, 4) is 5.75 Å². The zero-order chi connectivity index (χ0) is 10.5. The molecule has 3 heteroatoms. The van der Waals surface area contributed by atoms with Gasteiger partial charge in [0.25, 0.3) is 0 Å². The lowest BCUT2D eigenvalue weighted by atomic mass is 9.66. The predicted molar refractivity (Wildman–Crippen MR) is 51.8 cm³/mol. The van der Waals surface area contributed by atoms with Gasteiger partial charge in [-0.15, -0.1) is 0 Å². The fraction of sp³-hybridized carbons (Fsp3) is 0.364. The highest BCUT2D eigenvalue weighted by atomic mass is 16.4. The molecule has 0 saturated carbocycles. The summed E-state index contributed by atoms with van der Waals surface area (Å²) < 4.78 is 0. The number of phenols is 1. The average Bonchev–Trinajstić information content (AvgIpc) is 2.01. The summed E-state index contributed by atoms with van der Waals surface area (Å²) in [6, 6.07) is 3.14. The topological polar surface area (TPSA) is 57.5 Å². The molecule has 1 aromatic carbocycles. The van der Waals surface area contributed by atoms with Gasteiger partial charge in [-0.05, 0) is 35.1 Å². The molecule has 1 aliphatic carbocycles. The molecule has 74 valence electrons. The van der Waals surface area contributed by atoms with Gasteiger partial charge >= 0.3 is 5.97 Å². The number of benzene rings is 1. The van der Waals surface area contributed by atoms with Crippen molar-refractivity contribution >= 4 is 5.97 Å². The van der Waals surface area contributed by atoms with Gasteiger partial charge in [0.15, 0.2) is 0 Å². The Balaban J connectivity index is 2.57. The zero-order valence-corrected chi connectivity index (χ0v) is 8.16. The van der Waals surface area contributed by atoms with E-state index in [9.17, 15) is 9.90 Å². The van der Waals surface area contributed by atoms with Gasteiger partial charge in [0.2, 0.25) is 0 Å². The van der Waals surface area contributed by atoms with Gasteiger partial charge in [-0.3, -0.25) is 0 Å². The summed E-state index contributed by atoms with van der Waals surface area (Å²) >= 11 is 0. The first-order valence-electron chi connectivity index (χ1n) is 4.51. The van der Waals surface area contributed by atoms with Crippen LogP contribution in [-0.2, 0) is 11.8 Å². The minimum absolute atomic E-state index is 0.00322. The van der Waals surface area contributed by atoms with Crippen LogP contribution in [0.1, 0.15) is 35.3 Å². The normalized spacial score (nSPS) is 17.0. The fourth-order valence-electron chi connectivity index (χ4n) is 2.04. The number of hydrogen-bond acceptors (Lipinski definition) is 2. The first-order chi connectivity index (χ1) is 6.42. The molecule has 0 bridgehead atoms. The lowest BCUT2D eigenvalue weighted by Gasteiger charge is -2.38. The van der Waals surface area contributed by atoms with Crippen molar-refractivity contribution in [2.45, 2.75) is 25.7 Å². The van der Waals surface area contributed by atoms with Crippen molar-refractivity contribution < 1.29 is 15.0 Å². The van der Waals surface area contributed by atoms with Crippen LogP contribution < -0.4 is 0 Å². The Morgan fingerprint density at radius 2 is 2.07 bits per heavy atom. The molecule has 0 aliphatic heterocycles. The first-order valence-corrected chi connectivity index (χ1v) is 4.51. The molecule has 14 heavy (non-hydrogen) atoms. The minimum atomic E-state index is -1.08. The second-order valence-electron chi connectivity index (χ2n) is 4.39. The molecular formula is C11H12O3. The van der Waals surface area contributed by atoms with Crippen molar-refractivity contribution in [1.29, 1.82) is 0 Å². The van der Waals surface area contributed by atoms with Crippen LogP contribution in [0.5, 0.6) is 5.75 Å². The SMILES string of the molecule is CC1(C)Cc2cc(O)c(C(=O)O)cc21. The van der Waals surface area contributed by atoms with Gasteiger partial charge < -0.3 is 10.2 Å². The molecule has 2 rings (SSSR count). The first kappa shape index (κ1) is 9.06. The van der Waals surface area contributed by atoms with Crippen LogP contribution >= 0.6 is 0 Å². The van der Waals surface area contributed by atoms with Crippen LogP contribution in [0.3, 0.4) is 0 Å². The second kappa shape index (κ2) is 2.50. The Morgan fingerprint density at radius 1 is 1.43 bits per heavy atom. The maximum absolute atomic E-state index is 10.8. The van der Waals surface area contributed by atoms with E-state index in [0.717, 1.165) is 17.5 Å². The number of fused-ring (bicyclic) bond motifs is 1. The highest BCUT2D eigenvalue weighted by molar-refractivity contribution is 5.91. The van der Waals surface area contributed by atoms with Crippen LogP contribution in [0.4, 0.5) is 0 Å². The maximum atomic E-state index is 10.8. The van der Waals surface area contributed by atoms with Gasteiger partial charge in [-0.1, -0.05) is 13.8 Å². The Labute approximate surface area is 82.0 Å². The fourth-order valence-corrected chi connectivity index (χ4v) is 2.04. The van der Waals surface area contributed by atoms with E-state index in [-0.39, 0.29) is 16.7 Å². The molecule has 0 fully saturated rings. The van der Waals surface area contributed by atoms with Gasteiger partial charge in [0, 0.05) is 0 Å². The number of aromatic carboxylic acids is 1. The quantitative estimate of drug-likeness (QED) is 0.714. The van der Waals surface area contributed by atoms with Gasteiger partial charge in [-0.25, -0.2) is 4.79 Å². The minimum Gasteiger partial charge on any atom is -0.507 e. The lowest BCUT2D eigenvalue weighted by molar-refractivity contribution is 0.0693. The van der Waals surface area contributed by atoms with Crippen LogP contribution in [0.15, 0.2) is 12.1 Å². The molecule has 0 heterocycles. The van der Waals surface area contributed by atoms with Crippen molar-refractivity contribution in [3.63, 3.8) is 0 Å². The summed E-state index contributed by atoms with van der Waals surface area (Å²) in [7, 11) is 0. The van der Waals surface area contributed by atoms with E-state index in [1.54, 1.807) is 12.1 Å². The monoisotopic (exact) mass is 192 g/mol. The van der Waals surface area contributed by atoms with Crippen molar-refractivity contribution in [1.82, 2.24) is 0 Å². The maximum Gasteiger partial charge on any atom is 0.339 e. The molecule has 0 amide bonds. The van der Waals surface area contributed by atoms with Gasteiger partial charge in [0.05, 0.1) is 0 Å². The van der Waals surface area contributed by atoms with Crippen molar-refractivity contribution in [2.75, 3.05) is 0 Å². The third-order valence-electron chi connectivity index (χ3n) is 2.81. The molecule has 0 atom stereocenters. The van der Waals surface area contributed by atoms with E-state index in [0.29, 0.717) is 0 Å². The third kappa shape index (κ3) is 1.09.